The van der Waals surface area contributed by atoms with Crippen LogP contribution in [0.2, 0.25) is 5.15 Å². The fraction of sp³-hybridized carbons (Fsp3) is 0.0588. The van der Waals surface area contributed by atoms with Crippen molar-refractivity contribution in [1.82, 2.24) is 9.97 Å². The first-order chi connectivity index (χ1) is 12.5. The van der Waals surface area contributed by atoms with Crippen LogP contribution in [-0.2, 0) is 9.53 Å². The van der Waals surface area contributed by atoms with Gasteiger partial charge in [0.1, 0.15) is 11.0 Å². The molecule has 0 bridgehead atoms. The van der Waals surface area contributed by atoms with E-state index in [1.807, 2.05) is 0 Å². The van der Waals surface area contributed by atoms with Gasteiger partial charge in [-0.1, -0.05) is 11.6 Å². The van der Waals surface area contributed by atoms with E-state index < -0.39 is 18.5 Å². The molecule has 9 heteroatoms. The fourth-order valence-electron chi connectivity index (χ4n) is 1.99. The van der Waals surface area contributed by atoms with Crippen LogP contribution in [0.5, 0.6) is 0 Å². The number of ether oxygens (including phenoxy) is 1. The van der Waals surface area contributed by atoms with E-state index in [2.05, 4.69) is 15.3 Å². The minimum absolute atomic E-state index is 0.00164. The predicted octanol–water partition coefficient (Wildman–Crippen LogP) is 3.79. The van der Waals surface area contributed by atoms with E-state index in [-0.39, 0.29) is 16.5 Å². The maximum Gasteiger partial charge on any atom is 0.341 e. The van der Waals surface area contributed by atoms with Crippen LogP contribution < -0.4 is 5.32 Å². The number of carbonyl (C=O) groups is 2. The summed E-state index contributed by atoms with van der Waals surface area (Å²) in [5.41, 5.74) is 1.40. The molecule has 3 rings (SSSR count). The summed E-state index contributed by atoms with van der Waals surface area (Å²) in [4.78, 5) is 31.8. The third kappa shape index (κ3) is 4.41. The minimum Gasteiger partial charge on any atom is -0.452 e. The molecule has 1 N–H and O–H groups in total. The average Bonchev–Trinajstić information content (AvgIpc) is 3.09. The van der Waals surface area contributed by atoms with Gasteiger partial charge in [0.25, 0.3) is 5.91 Å². The quantitative estimate of drug-likeness (QED) is 0.528. The molecule has 26 heavy (non-hydrogen) atoms. The van der Waals surface area contributed by atoms with Crippen molar-refractivity contribution in [1.29, 1.82) is 0 Å². The lowest BCUT2D eigenvalue weighted by Crippen LogP contribution is -2.21. The number of amides is 1. The standard InChI is InChI=1S/C17H11ClFN3O3S/c18-15-12(2-1-7-20-15)16(24)25-8-14(23)22-17-21-13(9-26-17)10-3-5-11(19)6-4-10/h1-7,9H,8H2,(H,21,22,23). The van der Waals surface area contributed by atoms with Gasteiger partial charge in [0.05, 0.1) is 11.3 Å². The summed E-state index contributed by atoms with van der Waals surface area (Å²) in [7, 11) is 0. The molecule has 0 spiro atoms. The molecular weight excluding hydrogens is 381 g/mol. The number of pyridine rings is 1. The predicted molar refractivity (Wildman–Crippen MR) is 95.7 cm³/mol. The van der Waals surface area contributed by atoms with Crippen LogP contribution in [0.1, 0.15) is 10.4 Å². The molecule has 0 atom stereocenters. The first-order valence-electron chi connectivity index (χ1n) is 7.32. The second-order valence-electron chi connectivity index (χ2n) is 5.01. The molecule has 0 saturated carbocycles. The van der Waals surface area contributed by atoms with Crippen LogP contribution in [0.4, 0.5) is 9.52 Å². The smallest absolute Gasteiger partial charge is 0.341 e. The molecule has 0 aliphatic heterocycles. The molecule has 1 aromatic carbocycles. The van der Waals surface area contributed by atoms with Crippen LogP contribution in [0, 0.1) is 5.82 Å². The number of nitrogens with zero attached hydrogens (tertiary/aromatic N) is 2. The highest BCUT2D eigenvalue weighted by Crippen LogP contribution is 2.25. The number of esters is 1. The Morgan fingerprint density at radius 2 is 2.00 bits per heavy atom. The summed E-state index contributed by atoms with van der Waals surface area (Å²) in [5, 5.41) is 4.60. The lowest BCUT2D eigenvalue weighted by molar-refractivity contribution is -0.119. The Morgan fingerprint density at radius 1 is 1.23 bits per heavy atom. The molecule has 0 unspecified atom stereocenters. The maximum absolute atomic E-state index is 12.9. The Bertz CT molecular complexity index is 946. The second-order valence-corrected chi connectivity index (χ2v) is 6.23. The van der Waals surface area contributed by atoms with E-state index in [1.165, 1.54) is 41.8 Å². The van der Waals surface area contributed by atoms with Crippen molar-refractivity contribution in [3.8, 4) is 11.3 Å². The summed E-state index contributed by atoms with van der Waals surface area (Å²) in [6.45, 7) is -0.491. The highest BCUT2D eigenvalue weighted by Gasteiger charge is 2.15. The molecule has 3 aromatic rings. The van der Waals surface area contributed by atoms with Gasteiger partial charge in [-0.15, -0.1) is 11.3 Å². The summed E-state index contributed by atoms with van der Waals surface area (Å²) in [6.07, 6.45) is 1.44. The average molecular weight is 392 g/mol. The van der Waals surface area contributed by atoms with Gasteiger partial charge >= 0.3 is 5.97 Å². The third-order valence-corrected chi connectivity index (χ3v) is 4.26. The van der Waals surface area contributed by atoms with Crippen LogP contribution >= 0.6 is 22.9 Å². The maximum atomic E-state index is 12.9. The van der Waals surface area contributed by atoms with Gasteiger partial charge in [-0.3, -0.25) is 10.1 Å². The normalized spacial score (nSPS) is 10.4. The van der Waals surface area contributed by atoms with Gasteiger partial charge in [0.2, 0.25) is 0 Å². The Balaban J connectivity index is 1.56. The monoisotopic (exact) mass is 391 g/mol. The number of nitrogens with one attached hydrogen (secondary N) is 1. The third-order valence-electron chi connectivity index (χ3n) is 3.20. The zero-order chi connectivity index (χ0) is 18.5. The van der Waals surface area contributed by atoms with Gasteiger partial charge in [0.15, 0.2) is 11.7 Å². The van der Waals surface area contributed by atoms with Crippen molar-refractivity contribution < 1.29 is 18.7 Å². The summed E-state index contributed by atoms with van der Waals surface area (Å²) < 4.78 is 17.9. The van der Waals surface area contributed by atoms with Crippen LogP contribution in [0.15, 0.2) is 48.0 Å². The fourth-order valence-corrected chi connectivity index (χ4v) is 2.92. The van der Waals surface area contributed by atoms with E-state index in [0.717, 1.165) is 5.56 Å². The largest absolute Gasteiger partial charge is 0.452 e. The zero-order valence-electron chi connectivity index (χ0n) is 13.1. The van der Waals surface area contributed by atoms with Gasteiger partial charge in [-0.2, -0.15) is 0 Å². The number of hydrogen-bond donors (Lipinski definition) is 1. The molecule has 0 radical (unpaired) electrons. The molecule has 0 aliphatic carbocycles. The van der Waals surface area contributed by atoms with E-state index in [4.69, 9.17) is 16.3 Å². The highest BCUT2D eigenvalue weighted by molar-refractivity contribution is 7.14. The van der Waals surface area contributed by atoms with Crippen LogP contribution in [0.3, 0.4) is 0 Å². The van der Waals surface area contributed by atoms with Crippen molar-refractivity contribution in [2.75, 3.05) is 11.9 Å². The van der Waals surface area contributed by atoms with E-state index in [9.17, 15) is 14.0 Å². The molecule has 0 fully saturated rings. The zero-order valence-corrected chi connectivity index (χ0v) is 14.7. The Morgan fingerprint density at radius 3 is 2.73 bits per heavy atom. The SMILES string of the molecule is O=C(COC(=O)c1cccnc1Cl)Nc1nc(-c2ccc(F)cc2)cs1. The van der Waals surface area contributed by atoms with Gasteiger partial charge < -0.3 is 4.74 Å². The lowest BCUT2D eigenvalue weighted by atomic mass is 10.2. The Hall–Kier alpha value is -2.84. The second kappa shape index (κ2) is 8.03. The molecule has 2 aromatic heterocycles. The number of benzene rings is 1. The Kier molecular flexibility index (Phi) is 5.55. The number of thiazole rings is 1. The van der Waals surface area contributed by atoms with E-state index in [0.29, 0.717) is 10.8 Å². The number of aromatic nitrogens is 2. The lowest BCUT2D eigenvalue weighted by Gasteiger charge is -2.05. The molecule has 0 saturated heterocycles. The summed E-state index contributed by atoms with van der Waals surface area (Å²) >= 11 is 6.99. The first-order valence-corrected chi connectivity index (χ1v) is 8.57. The number of halogens is 2. The molecule has 1 amide bonds. The van der Waals surface area contributed by atoms with Crippen LogP contribution in [0.25, 0.3) is 11.3 Å². The topological polar surface area (TPSA) is 81.2 Å². The van der Waals surface area contributed by atoms with Crippen molar-refractivity contribution in [2.24, 2.45) is 0 Å². The summed E-state index contributed by atoms with van der Waals surface area (Å²) in [6, 6.07) is 8.83. The van der Waals surface area contributed by atoms with Gasteiger partial charge in [0, 0.05) is 17.1 Å². The number of anilines is 1. The van der Waals surface area contributed by atoms with Gasteiger partial charge in [-0.25, -0.2) is 19.2 Å². The van der Waals surface area contributed by atoms with Crippen molar-refractivity contribution in [3.05, 3.63) is 64.5 Å². The van der Waals surface area contributed by atoms with Crippen molar-refractivity contribution >= 4 is 39.9 Å². The van der Waals surface area contributed by atoms with Crippen molar-refractivity contribution in [3.63, 3.8) is 0 Å². The molecular formula is C17H11ClFN3O3S. The summed E-state index contributed by atoms with van der Waals surface area (Å²) in [5.74, 6) is -1.63. The molecule has 6 nitrogen and oxygen atoms in total. The first kappa shape index (κ1) is 18.0. The number of carbonyl (C=O) groups excluding carboxylic acids is 2. The minimum atomic E-state index is -0.746. The van der Waals surface area contributed by atoms with Crippen molar-refractivity contribution in [2.45, 2.75) is 0 Å². The molecule has 132 valence electrons. The molecule has 2 heterocycles. The number of hydrogen-bond acceptors (Lipinski definition) is 6. The van der Waals surface area contributed by atoms with E-state index in [1.54, 1.807) is 17.5 Å². The molecule has 0 aliphatic rings. The highest BCUT2D eigenvalue weighted by atomic mass is 35.5. The Labute approximate surface area is 156 Å². The van der Waals surface area contributed by atoms with Gasteiger partial charge in [-0.05, 0) is 36.4 Å². The number of rotatable bonds is 5. The van der Waals surface area contributed by atoms with Crippen LogP contribution in [-0.4, -0.2) is 28.5 Å². The van der Waals surface area contributed by atoms with E-state index >= 15 is 0 Å².